The topological polar surface area (TPSA) is 32.3 Å². The lowest BCUT2D eigenvalue weighted by Crippen LogP contribution is -2.52. The number of benzene rings is 1. The predicted molar refractivity (Wildman–Crippen MR) is 85.8 cm³/mol. The first-order valence-corrected chi connectivity index (χ1v) is 8.67. The molecule has 1 aliphatic heterocycles. The molecule has 24 heavy (non-hydrogen) atoms. The van der Waals surface area contributed by atoms with Crippen LogP contribution in [0.1, 0.15) is 54.4 Å². The maximum atomic E-state index is 12.6. The van der Waals surface area contributed by atoms with Gasteiger partial charge in [-0.1, -0.05) is 12.8 Å². The summed E-state index contributed by atoms with van der Waals surface area (Å²) >= 11 is 0. The van der Waals surface area contributed by atoms with Gasteiger partial charge < -0.3 is 5.32 Å². The summed E-state index contributed by atoms with van der Waals surface area (Å²) in [7, 11) is 0. The van der Waals surface area contributed by atoms with Gasteiger partial charge in [-0.3, -0.25) is 9.69 Å². The predicted octanol–water partition coefficient (Wildman–Crippen LogP) is 3.84. The molecule has 1 heterocycles. The van der Waals surface area contributed by atoms with Gasteiger partial charge in [0.1, 0.15) is 0 Å². The van der Waals surface area contributed by atoms with Crippen LogP contribution in [0.4, 0.5) is 13.2 Å². The van der Waals surface area contributed by atoms with E-state index in [1.165, 1.54) is 31.4 Å². The quantitative estimate of drug-likeness (QED) is 0.907. The van der Waals surface area contributed by atoms with Crippen molar-refractivity contribution in [3.8, 4) is 0 Å². The minimum absolute atomic E-state index is 0.0895. The van der Waals surface area contributed by atoms with E-state index in [4.69, 9.17) is 0 Å². The van der Waals surface area contributed by atoms with E-state index >= 15 is 0 Å². The first-order chi connectivity index (χ1) is 11.4. The number of alkyl halides is 3. The zero-order chi connectivity index (χ0) is 17.2. The van der Waals surface area contributed by atoms with Gasteiger partial charge in [0.05, 0.1) is 5.56 Å². The third kappa shape index (κ3) is 3.91. The lowest BCUT2D eigenvalue weighted by Gasteiger charge is -2.38. The Bertz CT molecular complexity index is 565. The molecule has 0 spiro atoms. The van der Waals surface area contributed by atoms with Crippen molar-refractivity contribution in [2.45, 2.75) is 56.8 Å². The zero-order valence-corrected chi connectivity index (χ0v) is 13.6. The molecule has 0 aromatic heterocycles. The van der Waals surface area contributed by atoms with Gasteiger partial charge in [-0.05, 0) is 63.0 Å². The Balaban J connectivity index is 1.66. The lowest BCUT2D eigenvalue weighted by atomic mass is 9.89. The number of nitrogens with zero attached hydrogens (tertiary/aromatic N) is 1. The highest BCUT2D eigenvalue weighted by Gasteiger charge is 2.33. The van der Waals surface area contributed by atoms with Crippen LogP contribution in [-0.4, -0.2) is 36.0 Å². The normalized spacial score (nSPS) is 25.6. The highest BCUT2D eigenvalue weighted by molar-refractivity contribution is 5.94. The number of rotatable bonds is 3. The average molecular weight is 340 g/mol. The van der Waals surface area contributed by atoms with E-state index in [1.54, 1.807) is 0 Å². The van der Waals surface area contributed by atoms with Gasteiger partial charge in [-0.2, -0.15) is 13.2 Å². The molecule has 1 amide bonds. The lowest BCUT2D eigenvalue weighted by molar-refractivity contribution is -0.137. The van der Waals surface area contributed by atoms with Crippen LogP contribution in [0.25, 0.3) is 0 Å². The Morgan fingerprint density at radius 3 is 2.25 bits per heavy atom. The van der Waals surface area contributed by atoms with Crippen molar-refractivity contribution in [1.29, 1.82) is 0 Å². The summed E-state index contributed by atoms with van der Waals surface area (Å²) in [6.45, 7) is 2.16. The zero-order valence-electron chi connectivity index (χ0n) is 13.6. The van der Waals surface area contributed by atoms with Gasteiger partial charge in [0, 0.05) is 17.6 Å². The van der Waals surface area contributed by atoms with E-state index in [2.05, 4.69) is 10.2 Å². The molecule has 1 N–H and O–H groups in total. The summed E-state index contributed by atoms with van der Waals surface area (Å²) in [6.07, 6.45) is 2.31. The minimum Gasteiger partial charge on any atom is -0.348 e. The van der Waals surface area contributed by atoms with Gasteiger partial charge in [0.15, 0.2) is 0 Å². The Kier molecular flexibility index (Phi) is 5.13. The molecule has 3 rings (SSSR count). The van der Waals surface area contributed by atoms with Crippen LogP contribution in [0.3, 0.4) is 0 Å². The van der Waals surface area contributed by atoms with E-state index in [9.17, 15) is 18.0 Å². The van der Waals surface area contributed by atoms with Crippen molar-refractivity contribution in [2.24, 2.45) is 0 Å². The molecule has 3 nitrogen and oxygen atoms in total. The van der Waals surface area contributed by atoms with Gasteiger partial charge in [-0.25, -0.2) is 0 Å². The first kappa shape index (κ1) is 17.3. The van der Waals surface area contributed by atoms with Crippen LogP contribution < -0.4 is 5.32 Å². The molecule has 1 aromatic rings. The molecule has 132 valence electrons. The third-order valence-corrected chi connectivity index (χ3v) is 5.13. The number of likely N-dealkylation sites (tertiary alicyclic amines) is 1. The van der Waals surface area contributed by atoms with E-state index in [0.717, 1.165) is 44.5 Å². The highest BCUT2D eigenvalue weighted by atomic mass is 19.4. The van der Waals surface area contributed by atoms with Gasteiger partial charge in [-0.15, -0.1) is 0 Å². The SMILES string of the molecule is O=C(NC1CCCCC1N1CCCC1)c1ccc(C(F)(F)F)cc1. The van der Waals surface area contributed by atoms with Gasteiger partial charge >= 0.3 is 6.18 Å². The summed E-state index contributed by atoms with van der Waals surface area (Å²) in [6, 6.07) is 4.89. The molecule has 0 bridgehead atoms. The fourth-order valence-corrected chi connectivity index (χ4v) is 3.85. The van der Waals surface area contributed by atoms with Crippen molar-refractivity contribution >= 4 is 5.91 Å². The van der Waals surface area contributed by atoms with Gasteiger partial charge in [0.2, 0.25) is 0 Å². The standard InChI is InChI=1S/C18H23F3N2O/c19-18(20,21)14-9-7-13(8-10-14)17(24)22-15-5-1-2-6-16(15)23-11-3-4-12-23/h7-10,15-16H,1-6,11-12H2,(H,22,24). The van der Waals surface area contributed by atoms with Crippen molar-refractivity contribution in [3.63, 3.8) is 0 Å². The molecule has 2 fully saturated rings. The highest BCUT2D eigenvalue weighted by Crippen LogP contribution is 2.29. The molecule has 1 aliphatic carbocycles. The monoisotopic (exact) mass is 340 g/mol. The van der Waals surface area contributed by atoms with Crippen molar-refractivity contribution in [1.82, 2.24) is 10.2 Å². The van der Waals surface area contributed by atoms with Crippen LogP contribution in [0.5, 0.6) is 0 Å². The smallest absolute Gasteiger partial charge is 0.348 e. The molecule has 6 heteroatoms. The molecule has 2 aliphatic rings. The fraction of sp³-hybridized carbons (Fsp3) is 0.611. The summed E-state index contributed by atoms with van der Waals surface area (Å²) in [5.41, 5.74) is -0.444. The second kappa shape index (κ2) is 7.13. The second-order valence-corrected chi connectivity index (χ2v) is 6.75. The molecule has 1 aromatic carbocycles. The van der Waals surface area contributed by atoms with Crippen LogP contribution >= 0.6 is 0 Å². The number of carbonyl (C=O) groups is 1. The summed E-state index contributed by atoms with van der Waals surface area (Å²) in [4.78, 5) is 14.9. The molecule has 2 atom stereocenters. The Morgan fingerprint density at radius 1 is 1.00 bits per heavy atom. The number of halogens is 3. The number of hydrogen-bond acceptors (Lipinski definition) is 2. The van der Waals surface area contributed by atoms with E-state index in [-0.39, 0.29) is 17.5 Å². The number of nitrogens with one attached hydrogen (secondary N) is 1. The van der Waals surface area contributed by atoms with E-state index in [0.29, 0.717) is 6.04 Å². The van der Waals surface area contributed by atoms with Crippen LogP contribution in [0.15, 0.2) is 24.3 Å². The maximum Gasteiger partial charge on any atom is 0.416 e. The second-order valence-electron chi connectivity index (χ2n) is 6.75. The van der Waals surface area contributed by atoms with E-state index < -0.39 is 11.7 Å². The molecule has 2 unspecified atom stereocenters. The Morgan fingerprint density at radius 2 is 1.62 bits per heavy atom. The molecule has 0 radical (unpaired) electrons. The molecular formula is C18H23F3N2O. The Labute approximate surface area is 140 Å². The number of carbonyl (C=O) groups excluding carboxylic acids is 1. The number of amides is 1. The van der Waals surface area contributed by atoms with Gasteiger partial charge in [0.25, 0.3) is 5.91 Å². The summed E-state index contributed by atoms with van der Waals surface area (Å²) < 4.78 is 37.8. The molecule has 1 saturated heterocycles. The largest absolute Gasteiger partial charge is 0.416 e. The first-order valence-electron chi connectivity index (χ1n) is 8.67. The van der Waals surface area contributed by atoms with E-state index in [1.807, 2.05) is 0 Å². The maximum absolute atomic E-state index is 12.6. The summed E-state index contributed by atoms with van der Waals surface area (Å²) in [5.74, 6) is -0.278. The van der Waals surface area contributed by atoms with Crippen LogP contribution in [0.2, 0.25) is 0 Å². The molecule has 1 saturated carbocycles. The fourth-order valence-electron chi connectivity index (χ4n) is 3.85. The van der Waals surface area contributed by atoms with Crippen LogP contribution in [0, 0.1) is 0 Å². The molecular weight excluding hydrogens is 317 g/mol. The number of hydrogen-bond donors (Lipinski definition) is 1. The van der Waals surface area contributed by atoms with Crippen LogP contribution in [-0.2, 0) is 6.18 Å². The van der Waals surface area contributed by atoms with Crippen molar-refractivity contribution in [3.05, 3.63) is 35.4 Å². The van der Waals surface area contributed by atoms with Crippen molar-refractivity contribution in [2.75, 3.05) is 13.1 Å². The minimum atomic E-state index is -4.38. The van der Waals surface area contributed by atoms with Crippen molar-refractivity contribution < 1.29 is 18.0 Å². The third-order valence-electron chi connectivity index (χ3n) is 5.13. The Hall–Kier alpha value is -1.56. The summed E-state index contributed by atoms with van der Waals surface area (Å²) in [5, 5.41) is 3.06. The average Bonchev–Trinajstić information content (AvgIpc) is 3.09.